The van der Waals surface area contributed by atoms with Gasteiger partial charge in [0.1, 0.15) is 12.4 Å². The number of nitrogens with one attached hydrogen (secondary N) is 1. The van der Waals surface area contributed by atoms with Gasteiger partial charge in [-0.05, 0) is 56.6 Å². The summed E-state index contributed by atoms with van der Waals surface area (Å²) in [5.74, 6) is 0.905. The summed E-state index contributed by atoms with van der Waals surface area (Å²) in [7, 11) is 0. The van der Waals surface area contributed by atoms with E-state index in [0.717, 1.165) is 36.0 Å². The molecule has 26 heavy (non-hydrogen) atoms. The maximum absolute atomic E-state index is 6.21. The lowest BCUT2D eigenvalue weighted by molar-refractivity contribution is 0.259. The average molecular weight is 373 g/mol. The average Bonchev–Trinajstić information content (AvgIpc) is 3.08. The standard InChI is InChI=1S/C22H29ClN2O/c1-3-25-11-5-8-21(25)15-24-14-19-13-20(23)9-10-22(19)26-16-18-7-4-6-17(2)12-18/h4,6-7,9-10,12-13,21,24H,3,5,8,11,14-16H2,1-2H3/t21-/m1/s1. The number of hydrogen-bond donors (Lipinski definition) is 1. The van der Waals surface area contributed by atoms with Crippen LogP contribution in [0.1, 0.15) is 36.5 Å². The molecule has 3 rings (SSSR count). The summed E-state index contributed by atoms with van der Waals surface area (Å²) in [6, 6.07) is 15.0. The highest BCUT2D eigenvalue weighted by Crippen LogP contribution is 2.24. The van der Waals surface area contributed by atoms with Crippen molar-refractivity contribution in [1.82, 2.24) is 10.2 Å². The maximum atomic E-state index is 6.21. The highest BCUT2D eigenvalue weighted by molar-refractivity contribution is 6.30. The highest BCUT2D eigenvalue weighted by atomic mass is 35.5. The second-order valence-corrected chi connectivity index (χ2v) is 7.52. The molecule has 0 radical (unpaired) electrons. The van der Waals surface area contributed by atoms with Gasteiger partial charge in [-0.3, -0.25) is 4.90 Å². The minimum Gasteiger partial charge on any atom is -0.489 e. The molecule has 0 spiro atoms. The van der Waals surface area contributed by atoms with E-state index < -0.39 is 0 Å². The minimum absolute atomic E-state index is 0.572. The van der Waals surface area contributed by atoms with Crippen molar-refractivity contribution in [3.63, 3.8) is 0 Å². The first-order chi connectivity index (χ1) is 12.7. The van der Waals surface area contributed by atoms with E-state index in [0.29, 0.717) is 12.6 Å². The topological polar surface area (TPSA) is 24.5 Å². The number of halogens is 1. The van der Waals surface area contributed by atoms with Gasteiger partial charge in [0.25, 0.3) is 0 Å². The SMILES string of the molecule is CCN1CCC[C@@H]1CNCc1cc(Cl)ccc1OCc1cccc(C)c1. The molecule has 0 aromatic heterocycles. The first kappa shape index (κ1) is 19.2. The Bertz CT molecular complexity index is 719. The number of nitrogens with zero attached hydrogens (tertiary/aromatic N) is 1. The smallest absolute Gasteiger partial charge is 0.124 e. The maximum Gasteiger partial charge on any atom is 0.124 e. The van der Waals surface area contributed by atoms with Crippen LogP contribution in [0, 0.1) is 6.92 Å². The predicted octanol–water partition coefficient (Wildman–Crippen LogP) is 4.80. The summed E-state index contributed by atoms with van der Waals surface area (Å²) < 4.78 is 6.09. The summed E-state index contributed by atoms with van der Waals surface area (Å²) >= 11 is 6.21. The first-order valence-electron chi connectivity index (χ1n) is 9.57. The number of rotatable bonds is 8. The van der Waals surface area contributed by atoms with Crippen molar-refractivity contribution < 1.29 is 4.74 Å². The number of likely N-dealkylation sites (N-methyl/N-ethyl adjacent to an activating group) is 1. The quantitative estimate of drug-likeness (QED) is 0.720. The zero-order chi connectivity index (χ0) is 18.4. The largest absolute Gasteiger partial charge is 0.489 e. The molecule has 0 bridgehead atoms. The molecule has 1 atom stereocenters. The minimum atomic E-state index is 0.572. The van der Waals surface area contributed by atoms with E-state index in [1.807, 2.05) is 18.2 Å². The number of ether oxygens (including phenoxy) is 1. The van der Waals surface area contributed by atoms with Crippen LogP contribution in [-0.2, 0) is 13.2 Å². The molecule has 2 aromatic rings. The molecule has 1 fully saturated rings. The van der Waals surface area contributed by atoms with Crippen molar-refractivity contribution >= 4 is 11.6 Å². The molecule has 140 valence electrons. The molecule has 1 saturated heterocycles. The third kappa shape index (κ3) is 5.23. The van der Waals surface area contributed by atoms with Crippen LogP contribution < -0.4 is 10.1 Å². The lowest BCUT2D eigenvalue weighted by Crippen LogP contribution is -2.37. The van der Waals surface area contributed by atoms with Crippen LogP contribution in [0.2, 0.25) is 5.02 Å². The van der Waals surface area contributed by atoms with E-state index in [9.17, 15) is 0 Å². The Balaban J connectivity index is 1.58. The molecule has 1 aliphatic heterocycles. The van der Waals surface area contributed by atoms with Crippen molar-refractivity contribution in [1.29, 1.82) is 0 Å². The Hall–Kier alpha value is -1.55. The van der Waals surface area contributed by atoms with E-state index >= 15 is 0 Å². The third-order valence-electron chi connectivity index (χ3n) is 5.10. The predicted molar refractivity (Wildman–Crippen MR) is 109 cm³/mol. The van der Waals surface area contributed by atoms with Gasteiger partial charge in [0.15, 0.2) is 0 Å². The first-order valence-corrected chi connectivity index (χ1v) is 9.95. The van der Waals surface area contributed by atoms with Crippen LogP contribution >= 0.6 is 11.6 Å². The fourth-order valence-electron chi connectivity index (χ4n) is 3.71. The number of benzene rings is 2. The van der Waals surface area contributed by atoms with Gasteiger partial charge in [0, 0.05) is 29.7 Å². The second-order valence-electron chi connectivity index (χ2n) is 7.09. The molecule has 1 N–H and O–H groups in total. The van der Waals surface area contributed by atoms with Gasteiger partial charge in [-0.15, -0.1) is 0 Å². The van der Waals surface area contributed by atoms with Gasteiger partial charge in [-0.2, -0.15) is 0 Å². The molecule has 0 amide bonds. The Kier molecular flexibility index (Phi) is 6.95. The molecule has 1 heterocycles. The van der Waals surface area contributed by atoms with Crippen LogP contribution in [0.4, 0.5) is 0 Å². The zero-order valence-corrected chi connectivity index (χ0v) is 16.6. The monoisotopic (exact) mass is 372 g/mol. The molecule has 0 unspecified atom stereocenters. The van der Waals surface area contributed by atoms with Crippen LogP contribution in [-0.4, -0.2) is 30.6 Å². The van der Waals surface area contributed by atoms with Gasteiger partial charge in [0.05, 0.1) is 0 Å². The molecule has 1 aliphatic rings. The van der Waals surface area contributed by atoms with Gasteiger partial charge < -0.3 is 10.1 Å². The van der Waals surface area contributed by atoms with Gasteiger partial charge in [-0.25, -0.2) is 0 Å². The lowest BCUT2D eigenvalue weighted by atomic mass is 10.1. The Morgan fingerprint density at radius 3 is 2.92 bits per heavy atom. The van der Waals surface area contributed by atoms with Crippen molar-refractivity contribution in [3.05, 3.63) is 64.2 Å². The molecular formula is C22H29ClN2O. The fraction of sp³-hybridized carbons (Fsp3) is 0.455. The van der Waals surface area contributed by atoms with Gasteiger partial charge in [-0.1, -0.05) is 48.4 Å². The summed E-state index contributed by atoms with van der Waals surface area (Å²) in [4.78, 5) is 2.56. The van der Waals surface area contributed by atoms with Crippen molar-refractivity contribution in [3.8, 4) is 5.75 Å². The summed E-state index contributed by atoms with van der Waals surface area (Å²) in [6.45, 7) is 9.06. The van der Waals surface area contributed by atoms with Crippen molar-refractivity contribution in [2.45, 2.75) is 45.9 Å². The fourth-order valence-corrected chi connectivity index (χ4v) is 3.90. The highest BCUT2D eigenvalue weighted by Gasteiger charge is 2.22. The van der Waals surface area contributed by atoms with Crippen LogP contribution in [0.5, 0.6) is 5.75 Å². The van der Waals surface area contributed by atoms with Crippen molar-refractivity contribution in [2.24, 2.45) is 0 Å². The molecule has 0 aliphatic carbocycles. The Labute approximate surface area is 162 Å². The zero-order valence-electron chi connectivity index (χ0n) is 15.8. The molecule has 2 aromatic carbocycles. The number of aryl methyl sites for hydroxylation is 1. The Morgan fingerprint density at radius 1 is 1.23 bits per heavy atom. The van der Waals surface area contributed by atoms with E-state index in [4.69, 9.17) is 16.3 Å². The van der Waals surface area contributed by atoms with Crippen LogP contribution in [0.3, 0.4) is 0 Å². The van der Waals surface area contributed by atoms with Crippen LogP contribution in [0.25, 0.3) is 0 Å². The molecule has 0 saturated carbocycles. The van der Waals surface area contributed by atoms with E-state index in [-0.39, 0.29) is 0 Å². The summed E-state index contributed by atoms with van der Waals surface area (Å²) in [5, 5.41) is 4.35. The summed E-state index contributed by atoms with van der Waals surface area (Å²) in [6.07, 6.45) is 2.59. The number of likely N-dealkylation sites (tertiary alicyclic amines) is 1. The van der Waals surface area contributed by atoms with E-state index in [2.05, 4.69) is 48.3 Å². The molecular weight excluding hydrogens is 344 g/mol. The van der Waals surface area contributed by atoms with E-state index in [1.165, 1.54) is 30.5 Å². The normalized spacial score (nSPS) is 17.6. The summed E-state index contributed by atoms with van der Waals surface area (Å²) in [5.41, 5.74) is 3.55. The number of hydrogen-bond acceptors (Lipinski definition) is 3. The second kappa shape index (κ2) is 9.40. The van der Waals surface area contributed by atoms with Crippen molar-refractivity contribution in [2.75, 3.05) is 19.6 Å². The van der Waals surface area contributed by atoms with Gasteiger partial charge >= 0.3 is 0 Å². The molecule has 4 heteroatoms. The molecule has 3 nitrogen and oxygen atoms in total. The van der Waals surface area contributed by atoms with E-state index in [1.54, 1.807) is 0 Å². The third-order valence-corrected chi connectivity index (χ3v) is 5.34. The Morgan fingerprint density at radius 2 is 2.12 bits per heavy atom. The van der Waals surface area contributed by atoms with Crippen LogP contribution in [0.15, 0.2) is 42.5 Å². The lowest BCUT2D eigenvalue weighted by Gasteiger charge is -2.23. The van der Waals surface area contributed by atoms with Gasteiger partial charge in [0.2, 0.25) is 0 Å².